The fourth-order valence-corrected chi connectivity index (χ4v) is 4.06. The van der Waals surface area contributed by atoms with Crippen LogP contribution in [0.4, 0.5) is 0 Å². The first-order valence-corrected chi connectivity index (χ1v) is 10.8. The van der Waals surface area contributed by atoms with Crippen LogP contribution in [0.15, 0.2) is 78.9 Å². The average Bonchev–Trinajstić information content (AvgIpc) is 3.11. The van der Waals surface area contributed by atoms with Gasteiger partial charge < -0.3 is 0 Å². The molecule has 0 saturated carbocycles. The van der Waals surface area contributed by atoms with Crippen molar-refractivity contribution in [3.05, 3.63) is 101 Å². The highest BCUT2D eigenvalue weighted by Gasteiger charge is 2.19. The summed E-state index contributed by atoms with van der Waals surface area (Å²) in [7, 11) is 0. The zero-order valence-corrected chi connectivity index (χ0v) is 18.0. The summed E-state index contributed by atoms with van der Waals surface area (Å²) >= 11 is 0. The number of allylic oxidation sites excluding steroid dienone is 4. The third kappa shape index (κ3) is 3.98. The van der Waals surface area contributed by atoms with E-state index in [2.05, 4.69) is 107 Å². The van der Waals surface area contributed by atoms with Crippen molar-refractivity contribution in [3.8, 4) is 22.3 Å². The third-order valence-corrected chi connectivity index (χ3v) is 6.16. The van der Waals surface area contributed by atoms with Gasteiger partial charge in [0.05, 0.1) is 0 Å². The van der Waals surface area contributed by atoms with Gasteiger partial charge in [-0.2, -0.15) is 0 Å². The smallest absolute Gasteiger partial charge is 0.00132 e. The summed E-state index contributed by atoms with van der Waals surface area (Å²) in [5.74, 6) is 0.615. The van der Waals surface area contributed by atoms with Crippen LogP contribution < -0.4 is 0 Å². The lowest BCUT2D eigenvalue weighted by Gasteiger charge is -2.09. The third-order valence-electron chi connectivity index (χ3n) is 6.16. The predicted octanol–water partition coefficient (Wildman–Crippen LogP) is 8.24. The summed E-state index contributed by atoms with van der Waals surface area (Å²) in [4.78, 5) is 0. The SMILES string of the molecule is C/C=C(\C=C/C(C)CC)c1ccc2c(c1)Cc1ccc(-c3ccc(C)cc3)cc1-2. The minimum atomic E-state index is 0.615. The van der Waals surface area contributed by atoms with Crippen LogP contribution in [-0.2, 0) is 6.42 Å². The van der Waals surface area contributed by atoms with Crippen LogP contribution in [0.1, 0.15) is 49.4 Å². The molecule has 0 bridgehead atoms. The molecule has 3 aromatic rings. The van der Waals surface area contributed by atoms with Crippen LogP contribution in [0.25, 0.3) is 27.8 Å². The van der Waals surface area contributed by atoms with E-state index in [0.29, 0.717) is 5.92 Å². The Morgan fingerprint density at radius 3 is 2.38 bits per heavy atom. The van der Waals surface area contributed by atoms with Crippen molar-refractivity contribution in [1.29, 1.82) is 0 Å². The van der Waals surface area contributed by atoms with Crippen molar-refractivity contribution in [2.75, 3.05) is 0 Å². The maximum absolute atomic E-state index is 2.39. The lowest BCUT2D eigenvalue weighted by Crippen LogP contribution is -1.88. The number of hydrogen-bond donors (Lipinski definition) is 0. The molecule has 0 N–H and O–H groups in total. The monoisotopic (exact) mass is 378 g/mol. The lowest BCUT2D eigenvalue weighted by molar-refractivity contribution is 0.698. The first kappa shape index (κ1) is 19.5. The lowest BCUT2D eigenvalue weighted by atomic mass is 9.96. The van der Waals surface area contributed by atoms with Crippen molar-refractivity contribution in [1.82, 2.24) is 0 Å². The van der Waals surface area contributed by atoms with Gasteiger partial charge in [-0.3, -0.25) is 0 Å². The number of rotatable bonds is 5. The van der Waals surface area contributed by atoms with Crippen LogP contribution in [0, 0.1) is 12.8 Å². The Balaban J connectivity index is 1.66. The minimum absolute atomic E-state index is 0.615. The summed E-state index contributed by atoms with van der Waals surface area (Å²) in [5.41, 5.74) is 12.2. The fourth-order valence-electron chi connectivity index (χ4n) is 4.06. The number of benzene rings is 3. The van der Waals surface area contributed by atoms with Gasteiger partial charge in [-0.25, -0.2) is 0 Å². The molecule has 0 spiro atoms. The van der Waals surface area contributed by atoms with Crippen LogP contribution in [0.3, 0.4) is 0 Å². The largest absolute Gasteiger partial charge is 0.0811 e. The van der Waals surface area contributed by atoms with Crippen LogP contribution in [0.5, 0.6) is 0 Å². The molecule has 0 heteroatoms. The average molecular weight is 379 g/mol. The zero-order chi connectivity index (χ0) is 20.4. The second-order valence-electron chi connectivity index (χ2n) is 8.28. The Hall–Kier alpha value is -2.86. The van der Waals surface area contributed by atoms with E-state index in [1.165, 1.54) is 56.5 Å². The first-order valence-electron chi connectivity index (χ1n) is 10.8. The van der Waals surface area contributed by atoms with Gasteiger partial charge in [0.2, 0.25) is 0 Å². The molecule has 0 nitrogen and oxygen atoms in total. The number of aryl methyl sites for hydroxylation is 1. The highest BCUT2D eigenvalue weighted by atomic mass is 14.2. The van der Waals surface area contributed by atoms with Crippen molar-refractivity contribution in [2.24, 2.45) is 5.92 Å². The highest BCUT2D eigenvalue weighted by Crippen LogP contribution is 2.40. The molecule has 0 aromatic heterocycles. The second-order valence-corrected chi connectivity index (χ2v) is 8.28. The Morgan fingerprint density at radius 2 is 1.66 bits per heavy atom. The van der Waals surface area contributed by atoms with E-state index < -0.39 is 0 Å². The Bertz CT molecular complexity index is 1080. The number of fused-ring (bicyclic) bond motifs is 3. The molecule has 1 atom stereocenters. The van der Waals surface area contributed by atoms with E-state index in [1.807, 2.05) is 0 Å². The van der Waals surface area contributed by atoms with Crippen molar-refractivity contribution in [3.63, 3.8) is 0 Å². The molecule has 4 rings (SSSR count). The molecular formula is C29H30. The van der Waals surface area contributed by atoms with Gasteiger partial charge in [0, 0.05) is 0 Å². The number of hydrogen-bond acceptors (Lipinski definition) is 0. The van der Waals surface area contributed by atoms with E-state index >= 15 is 0 Å². The summed E-state index contributed by atoms with van der Waals surface area (Å²) in [6.07, 6.45) is 9.03. The van der Waals surface area contributed by atoms with Crippen LogP contribution in [0.2, 0.25) is 0 Å². The molecule has 0 saturated heterocycles. The quantitative estimate of drug-likeness (QED) is 0.307. The molecule has 0 fully saturated rings. The van der Waals surface area contributed by atoms with Gasteiger partial charge >= 0.3 is 0 Å². The highest BCUT2D eigenvalue weighted by molar-refractivity contribution is 5.84. The van der Waals surface area contributed by atoms with Gasteiger partial charge in [0.25, 0.3) is 0 Å². The Labute approximate surface area is 175 Å². The summed E-state index contributed by atoms with van der Waals surface area (Å²) in [6.45, 7) is 8.78. The summed E-state index contributed by atoms with van der Waals surface area (Å²) in [6, 6.07) is 22.7. The minimum Gasteiger partial charge on any atom is -0.0811 e. The van der Waals surface area contributed by atoms with E-state index in [1.54, 1.807) is 0 Å². The Kier molecular flexibility index (Phi) is 5.53. The second kappa shape index (κ2) is 8.25. The normalized spacial score (nSPS) is 14.1. The molecule has 29 heavy (non-hydrogen) atoms. The topological polar surface area (TPSA) is 0 Å². The maximum atomic E-state index is 2.39. The molecule has 1 unspecified atom stereocenters. The van der Waals surface area contributed by atoms with Crippen LogP contribution >= 0.6 is 0 Å². The molecule has 0 heterocycles. The molecule has 0 aliphatic heterocycles. The summed E-state index contributed by atoms with van der Waals surface area (Å²) in [5, 5.41) is 0. The molecule has 146 valence electrons. The predicted molar refractivity (Wildman–Crippen MR) is 127 cm³/mol. The van der Waals surface area contributed by atoms with E-state index in [0.717, 1.165) is 6.42 Å². The van der Waals surface area contributed by atoms with Crippen molar-refractivity contribution < 1.29 is 0 Å². The maximum Gasteiger partial charge on any atom is -0.00132 e. The standard InChI is InChI=1S/C29H30/c1-5-20(3)7-10-22(6-2)24-15-16-28-27(17-24)18-26-14-13-25(19-29(26)28)23-11-8-21(4)9-12-23/h6-17,19-20H,5,18H2,1-4H3/b10-7-,22-6+. The first-order chi connectivity index (χ1) is 14.1. The molecule has 1 aliphatic carbocycles. The molecule has 0 radical (unpaired) electrons. The zero-order valence-electron chi connectivity index (χ0n) is 18.0. The molecule has 3 aromatic carbocycles. The van der Waals surface area contributed by atoms with Crippen molar-refractivity contribution >= 4 is 5.57 Å². The van der Waals surface area contributed by atoms with Gasteiger partial charge in [-0.05, 0) is 76.8 Å². The van der Waals surface area contributed by atoms with Crippen molar-refractivity contribution in [2.45, 2.75) is 40.5 Å². The van der Waals surface area contributed by atoms with Gasteiger partial charge in [0.15, 0.2) is 0 Å². The molecule has 1 aliphatic rings. The van der Waals surface area contributed by atoms with Gasteiger partial charge in [-0.15, -0.1) is 0 Å². The molecular weight excluding hydrogens is 348 g/mol. The summed E-state index contributed by atoms with van der Waals surface area (Å²) < 4.78 is 0. The van der Waals surface area contributed by atoms with E-state index in [9.17, 15) is 0 Å². The van der Waals surface area contributed by atoms with E-state index in [4.69, 9.17) is 0 Å². The van der Waals surface area contributed by atoms with Crippen LogP contribution in [-0.4, -0.2) is 0 Å². The van der Waals surface area contributed by atoms with Gasteiger partial charge in [-0.1, -0.05) is 98.7 Å². The molecule has 0 amide bonds. The Morgan fingerprint density at radius 1 is 0.897 bits per heavy atom. The van der Waals surface area contributed by atoms with Gasteiger partial charge in [0.1, 0.15) is 0 Å². The van der Waals surface area contributed by atoms with E-state index in [-0.39, 0.29) is 0 Å². The fraction of sp³-hybridized carbons (Fsp3) is 0.241.